The number of unbranched alkanes of at least 4 members (excludes halogenated alkanes) is 4. The van der Waals surface area contributed by atoms with Gasteiger partial charge >= 0.3 is 0 Å². The Kier molecular flexibility index (Phi) is 24.8. The van der Waals surface area contributed by atoms with E-state index in [4.69, 9.17) is 10.2 Å². The molecule has 0 atom stereocenters. The Morgan fingerprint density at radius 1 is 0.696 bits per heavy atom. The van der Waals surface area contributed by atoms with Crippen molar-refractivity contribution in [3.63, 3.8) is 0 Å². The molecule has 0 aromatic heterocycles. The van der Waals surface area contributed by atoms with Gasteiger partial charge < -0.3 is 10.2 Å². The fourth-order valence-electron chi connectivity index (χ4n) is 1.34. The van der Waals surface area contributed by atoms with E-state index in [0.29, 0.717) is 0 Å². The van der Waals surface area contributed by atoms with Crippen LogP contribution in [0.15, 0.2) is 24.3 Å². The molecule has 0 radical (unpaired) electrons. The predicted octanol–water partition coefficient (Wildman–Crippen LogP) is 6.05. The number of benzene rings is 1. The Morgan fingerprint density at radius 3 is 1.13 bits per heavy atom. The Hall–Kier alpha value is -0.860. The third kappa shape index (κ3) is 38.7. The van der Waals surface area contributed by atoms with Crippen LogP contribution in [-0.2, 0) is 0 Å². The molecule has 2 nitrogen and oxygen atoms in total. The van der Waals surface area contributed by atoms with Crippen molar-refractivity contribution in [2.45, 2.75) is 99.7 Å². The topological polar surface area (TPSA) is 40.5 Å². The molecule has 0 aliphatic carbocycles. The number of hydrogen-bond acceptors (Lipinski definition) is 2. The number of aryl methyl sites for hydroxylation is 2. The Balaban J connectivity index is -0.000000245. The largest absolute Gasteiger partial charge is 0.394 e. The van der Waals surface area contributed by atoms with Crippen molar-refractivity contribution in [1.29, 1.82) is 0 Å². The highest BCUT2D eigenvalue weighted by Gasteiger charge is 1.84. The van der Waals surface area contributed by atoms with Gasteiger partial charge in [0.15, 0.2) is 0 Å². The molecule has 0 aliphatic heterocycles. The van der Waals surface area contributed by atoms with Gasteiger partial charge in [-0.15, -0.1) is 0 Å². The molecule has 1 rings (SSSR count). The third-order valence-corrected chi connectivity index (χ3v) is 2.63. The van der Waals surface area contributed by atoms with Crippen LogP contribution >= 0.6 is 0 Å². The fraction of sp³-hybridized carbons (Fsp3) is 0.714. The molecular formula is C21H42O2. The van der Waals surface area contributed by atoms with Gasteiger partial charge in [0.2, 0.25) is 0 Å². The van der Waals surface area contributed by atoms with Gasteiger partial charge in [-0.3, -0.25) is 0 Å². The minimum absolute atomic E-state index is 0.167. The smallest absolute Gasteiger partial charge is 0.0483 e. The molecule has 0 amide bonds. The first-order valence-electron chi connectivity index (χ1n) is 9.07. The highest BCUT2D eigenvalue weighted by molar-refractivity contribution is 5.23. The maximum atomic E-state index is 8.06. The van der Waals surface area contributed by atoms with Crippen LogP contribution in [0.2, 0.25) is 0 Å². The number of rotatable bonds is 4. The van der Waals surface area contributed by atoms with Gasteiger partial charge in [0.25, 0.3) is 0 Å². The quantitative estimate of drug-likeness (QED) is 0.661. The molecule has 0 saturated carbocycles. The van der Waals surface area contributed by atoms with E-state index in [-0.39, 0.29) is 12.2 Å². The highest BCUT2D eigenvalue weighted by Crippen LogP contribution is 2.02. The summed E-state index contributed by atoms with van der Waals surface area (Å²) in [6, 6.07) is 8.36. The van der Waals surface area contributed by atoms with Crippen LogP contribution in [-0.4, -0.2) is 22.4 Å². The summed E-state index contributed by atoms with van der Waals surface area (Å²) in [4.78, 5) is 0. The van der Waals surface area contributed by atoms with Gasteiger partial charge in [-0.2, -0.15) is 0 Å². The molecule has 23 heavy (non-hydrogen) atoms. The van der Waals surface area contributed by atoms with E-state index < -0.39 is 0 Å². The van der Waals surface area contributed by atoms with Crippen LogP contribution in [0, 0.1) is 13.8 Å². The standard InChI is InChI=1S/C8H10.C7H16.2C3H8O/c1-7-5-3-4-6-8(7)2;1-3-5-7-6-4-2;2*1-3(2)4/h3-6H,1-2H3;3-7H2,1-2H3;2*3-4H,1-2H3. The maximum absolute atomic E-state index is 8.06. The zero-order valence-corrected chi connectivity index (χ0v) is 16.9. The van der Waals surface area contributed by atoms with E-state index in [9.17, 15) is 0 Å². The van der Waals surface area contributed by atoms with E-state index in [1.54, 1.807) is 27.7 Å². The van der Waals surface area contributed by atoms with Crippen molar-refractivity contribution in [3.8, 4) is 0 Å². The van der Waals surface area contributed by atoms with Gasteiger partial charge in [-0.05, 0) is 52.7 Å². The molecule has 0 fully saturated rings. The monoisotopic (exact) mass is 326 g/mol. The van der Waals surface area contributed by atoms with Gasteiger partial charge in [0.05, 0.1) is 0 Å². The fourth-order valence-corrected chi connectivity index (χ4v) is 1.34. The van der Waals surface area contributed by atoms with Crippen LogP contribution in [0.4, 0.5) is 0 Å². The normalized spacial score (nSPS) is 9.22. The second-order valence-corrected chi connectivity index (χ2v) is 6.33. The minimum Gasteiger partial charge on any atom is -0.394 e. The summed E-state index contributed by atoms with van der Waals surface area (Å²) in [5.74, 6) is 0. The molecule has 0 heterocycles. The van der Waals surface area contributed by atoms with E-state index in [2.05, 4.69) is 52.0 Å². The summed E-state index contributed by atoms with van der Waals surface area (Å²) >= 11 is 0. The molecule has 0 bridgehead atoms. The van der Waals surface area contributed by atoms with Gasteiger partial charge in [0.1, 0.15) is 0 Å². The second-order valence-electron chi connectivity index (χ2n) is 6.33. The zero-order valence-electron chi connectivity index (χ0n) is 16.9. The summed E-state index contributed by atoms with van der Waals surface area (Å²) in [7, 11) is 0. The summed E-state index contributed by atoms with van der Waals surface area (Å²) < 4.78 is 0. The summed E-state index contributed by atoms with van der Waals surface area (Å²) in [6.07, 6.45) is 6.68. The Bertz CT molecular complexity index is 283. The molecule has 0 unspecified atom stereocenters. The average Bonchev–Trinajstić information content (AvgIpc) is 2.42. The molecule has 2 N–H and O–H groups in total. The first-order valence-corrected chi connectivity index (χ1v) is 9.07. The third-order valence-electron chi connectivity index (χ3n) is 2.63. The van der Waals surface area contributed by atoms with Gasteiger partial charge in [0, 0.05) is 12.2 Å². The van der Waals surface area contributed by atoms with Gasteiger partial charge in [-0.25, -0.2) is 0 Å². The van der Waals surface area contributed by atoms with Crippen LogP contribution in [0.5, 0.6) is 0 Å². The molecule has 138 valence electrons. The molecule has 1 aromatic carbocycles. The lowest BCUT2D eigenvalue weighted by Crippen LogP contribution is -1.85. The zero-order chi connectivity index (χ0) is 18.7. The predicted molar refractivity (Wildman–Crippen MR) is 105 cm³/mol. The van der Waals surface area contributed by atoms with Crippen molar-refractivity contribution >= 4 is 0 Å². The SMILES string of the molecule is CC(C)O.CC(C)O.CCCCCCC.Cc1ccccc1C. The molecule has 0 spiro atoms. The lowest BCUT2D eigenvalue weighted by atomic mass is 10.1. The lowest BCUT2D eigenvalue weighted by Gasteiger charge is -1.93. The van der Waals surface area contributed by atoms with Crippen molar-refractivity contribution < 1.29 is 10.2 Å². The van der Waals surface area contributed by atoms with Crippen LogP contribution in [0.25, 0.3) is 0 Å². The molecule has 2 heteroatoms. The summed E-state index contributed by atoms with van der Waals surface area (Å²) in [5, 5.41) is 16.1. The summed E-state index contributed by atoms with van der Waals surface area (Å²) in [5.41, 5.74) is 2.74. The first kappa shape index (κ1) is 27.0. The summed E-state index contributed by atoms with van der Waals surface area (Å²) in [6.45, 7) is 15.6. The molecule has 1 aromatic rings. The Morgan fingerprint density at radius 2 is 0.957 bits per heavy atom. The van der Waals surface area contributed by atoms with Crippen LogP contribution in [0.1, 0.15) is 84.8 Å². The first-order chi connectivity index (χ1) is 10.7. The van der Waals surface area contributed by atoms with E-state index in [1.807, 2.05) is 0 Å². The Labute approximate surface area is 146 Å². The molecular weight excluding hydrogens is 284 g/mol. The maximum Gasteiger partial charge on any atom is 0.0483 e. The van der Waals surface area contributed by atoms with E-state index in [1.165, 1.54) is 43.2 Å². The number of aliphatic hydroxyl groups excluding tert-OH is 2. The average molecular weight is 327 g/mol. The highest BCUT2D eigenvalue weighted by atomic mass is 16.3. The van der Waals surface area contributed by atoms with Crippen LogP contribution in [0.3, 0.4) is 0 Å². The van der Waals surface area contributed by atoms with E-state index in [0.717, 1.165) is 0 Å². The van der Waals surface area contributed by atoms with Crippen LogP contribution < -0.4 is 0 Å². The molecule has 0 saturated heterocycles. The van der Waals surface area contributed by atoms with Gasteiger partial charge in [-0.1, -0.05) is 70.2 Å². The van der Waals surface area contributed by atoms with Crippen molar-refractivity contribution in [2.75, 3.05) is 0 Å². The molecule has 0 aliphatic rings. The van der Waals surface area contributed by atoms with Crippen molar-refractivity contribution in [2.24, 2.45) is 0 Å². The van der Waals surface area contributed by atoms with E-state index >= 15 is 0 Å². The van der Waals surface area contributed by atoms with Crippen molar-refractivity contribution in [1.82, 2.24) is 0 Å². The van der Waals surface area contributed by atoms with Crippen molar-refractivity contribution in [3.05, 3.63) is 35.4 Å². The number of hydrogen-bond donors (Lipinski definition) is 2. The second kappa shape index (κ2) is 21.1. The minimum atomic E-state index is -0.167. The lowest BCUT2D eigenvalue weighted by molar-refractivity contribution is 0.215. The number of aliphatic hydroxyl groups is 2.